The molecule has 3 rings (SSSR count). The van der Waals surface area contributed by atoms with Crippen molar-refractivity contribution in [1.29, 1.82) is 0 Å². The van der Waals surface area contributed by atoms with Gasteiger partial charge in [0.15, 0.2) is 0 Å². The summed E-state index contributed by atoms with van der Waals surface area (Å²) in [5, 5.41) is 3.60. The zero-order chi connectivity index (χ0) is 11.7. The van der Waals surface area contributed by atoms with Crippen molar-refractivity contribution in [2.45, 2.75) is 32.4 Å². The quantitative estimate of drug-likeness (QED) is 0.804. The average molecular weight is 229 g/mol. The van der Waals surface area contributed by atoms with E-state index in [9.17, 15) is 0 Å². The fourth-order valence-electron chi connectivity index (χ4n) is 3.24. The lowest BCUT2D eigenvalue weighted by molar-refractivity contribution is 0.325. The minimum Gasteiger partial charge on any atom is -0.308 e. The third-order valence-corrected chi connectivity index (χ3v) is 4.22. The number of nitrogens with one attached hydrogen (secondary N) is 1. The van der Waals surface area contributed by atoms with Gasteiger partial charge in [-0.3, -0.25) is 0 Å². The van der Waals surface area contributed by atoms with Crippen molar-refractivity contribution in [2.24, 2.45) is 17.8 Å². The van der Waals surface area contributed by atoms with E-state index in [1.54, 1.807) is 12.5 Å². The molecule has 4 unspecified atom stereocenters. The summed E-state index contributed by atoms with van der Waals surface area (Å²) in [5.74, 6) is 2.48. The molecular formula is C14H19N3. The molecule has 4 atom stereocenters. The van der Waals surface area contributed by atoms with Gasteiger partial charge in [-0.05, 0) is 43.6 Å². The molecule has 3 heteroatoms. The molecule has 2 aliphatic carbocycles. The highest BCUT2D eigenvalue weighted by Crippen LogP contribution is 2.44. The number of fused-ring (bicyclic) bond motifs is 2. The van der Waals surface area contributed by atoms with Gasteiger partial charge in [0, 0.05) is 18.8 Å². The Kier molecular flexibility index (Phi) is 2.93. The van der Waals surface area contributed by atoms with Gasteiger partial charge in [0.25, 0.3) is 0 Å². The van der Waals surface area contributed by atoms with Crippen LogP contribution in [0.4, 0.5) is 0 Å². The van der Waals surface area contributed by atoms with E-state index >= 15 is 0 Å². The van der Waals surface area contributed by atoms with Crippen molar-refractivity contribution >= 4 is 0 Å². The van der Waals surface area contributed by atoms with Crippen LogP contribution in [-0.2, 0) is 6.54 Å². The Morgan fingerprint density at radius 3 is 3.00 bits per heavy atom. The fraction of sp³-hybridized carbons (Fsp3) is 0.571. The first-order chi connectivity index (χ1) is 8.33. The molecule has 1 N–H and O–H groups in total. The van der Waals surface area contributed by atoms with Gasteiger partial charge in [-0.2, -0.15) is 0 Å². The summed E-state index contributed by atoms with van der Waals surface area (Å²) >= 11 is 0. The number of hydrogen-bond acceptors (Lipinski definition) is 3. The van der Waals surface area contributed by atoms with E-state index in [2.05, 4.69) is 34.4 Å². The van der Waals surface area contributed by atoms with Gasteiger partial charge in [-0.25, -0.2) is 9.97 Å². The van der Waals surface area contributed by atoms with Crippen LogP contribution in [0.3, 0.4) is 0 Å². The number of allylic oxidation sites excluding steroid dienone is 2. The molecule has 1 aromatic rings. The maximum atomic E-state index is 4.24. The second kappa shape index (κ2) is 4.57. The van der Waals surface area contributed by atoms with Gasteiger partial charge in [0.2, 0.25) is 0 Å². The molecule has 1 fully saturated rings. The number of hydrogen-bond donors (Lipinski definition) is 1. The van der Waals surface area contributed by atoms with Crippen LogP contribution in [0, 0.1) is 17.8 Å². The first kappa shape index (κ1) is 10.9. The Morgan fingerprint density at radius 1 is 1.41 bits per heavy atom. The number of nitrogens with zero attached hydrogens (tertiary/aromatic N) is 2. The first-order valence-electron chi connectivity index (χ1n) is 6.49. The minimum atomic E-state index is 0.574. The largest absolute Gasteiger partial charge is 0.308 e. The van der Waals surface area contributed by atoms with Crippen LogP contribution in [0.15, 0.2) is 30.7 Å². The zero-order valence-electron chi connectivity index (χ0n) is 10.2. The summed E-state index contributed by atoms with van der Waals surface area (Å²) in [7, 11) is 0. The standard InChI is InChI=1S/C14H19N3/c1-10(14-7-11-2-3-12(14)6-11)16-8-13-4-5-15-9-17-13/h2-5,9-12,14,16H,6-8H2,1H3. The SMILES string of the molecule is CC(NCc1ccncn1)C1CC2C=CC1C2. The molecular weight excluding hydrogens is 210 g/mol. The summed E-state index contributed by atoms with van der Waals surface area (Å²) in [4.78, 5) is 8.17. The second-order valence-corrected chi connectivity index (χ2v) is 5.31. The number of aromatic nitrogens is 2. The lowest BCUT2D eigenvalue weighted by Gasteiger charge is -2.26. The molecule has 0 radical (unpaired) electrons. The Labute approximate surface area is 102 Å². The molecule has 1 heterocycles. The lowest BCUT2D eigenvalue weighted by Crippen LogP contribution is -2.35. The van der Waals surface area contributed by atoms with Crippen molar-refractivity contribution < 1.29 is 0 Å². The third-order valence-electron chi connectivity index (χ3n) is 4.22. The zero-order valence-corrected chi connectivity index (χ0v) is 10.2. The highest BCUT2D eigenvalue weighted by molar-refractivity contribution is 5.11. The molecule has 3 nitrogen and oxygen atoms in total. The van der Waals surface area contributed by atoms with Gasteiger partial charge in [0.1, 0.15) is 6.33 Å². The lowest BCUT2D eigenvalue weighted by atomic mass is 9.87. The maximum absolute atomic E-state index is 4.24. The molecule has 2 aliphatic rings. The monoisotopic (exact) mass is 229 g/mol. The highest BCUT2D eigenvalue weighted by Gasteiger charge is 2.38. The van der Waals surface area contributed by atoms with Crippen LogP contribution in [-0.4, -0.2) is 16.0 Å². The van der Waals surface area contributed by atoms with Crippen molar-refractivity contribution in [3.05, 3.63) is 36.4 Å². The van der Waals surface area contributed by atoms with E-state index in [0.29, 0.717) is 6.04 Å². The highest BCUT2D eigenvalue weighted by atomic mass is 14.9. The van der Waals surface area contributed by atoms with Crippen LogP contribution in [0.25, 0.3) is 0 Å². The van der Waals surface area contributed by atoms with Gasteiger partial charge in [-0.15, -0.1) is 0 Å². The smallest absolute Gasteiger partial charge is 0.115 e. The Morgan fingerprint density at radius 2 is 2.35 bits per heavy atom. The molecule has 0 saturated heterocycles. The van der Waals surface area contributed by atoms with E-state index < -0.39 is 0 Å². The Hall–Kier alpha value is -1.22. The van der Waals surface area contributed by atoms with Crippen LogP contribution in [0.5, 0.6) is 0 Å². The third kappa shape index (κ3) is 2.25. The second-order valence-electron chi connectivity index (χ2n) is 5.31. The van der Waals surface area contributed by atoms with Crippen LogP contribution < -0.4 is 5.32 Å². The number of rotatable bonds is 4. The van der Waals surface area contributed by atoms with Crippen LogP contribution >= 0.6 is 0 Å². The molecule has 17 heavy (non-hydrogen) atoms. The molecule has 0 amide bonds. The van der Waals surface area contributed by atoms with Gasteiger partial charge in [0.05, 0.1) is 5.69 Å². The maximum Gasteiger partial charge on any atom is 0.115 e. The van der Waals surface area contributed by atoms with E-state index in [-0.39, 0.29) is 0 Å². The van der Waals surface area contributed by atoms with Crippen LogP contribution in [0.2, 0.25) is 0 Å². The predicted octanol–water partition coefficient (Wildman–Crippen LogP) is 2.17. The van der Waals surface area contributed by atoms with E-state index in [4.69, 9.17) is 0 Å². The minimum absolute atomic E-state index is 0.574. The fourth-order valence-corrected chi connectivity index (χ4v) is 3.24. The first-order valence-corrected chi connectivity index (χ1v) is 6.49. The molecule has 0 spiro atoms. The normalized spacial score (nSPS) is 31.9. The van der Waals surface area contributed by atoms with Gasteiger partial charge < -0.3 is 5.32 Å². The van der Waals surface area contributed by atoms with Gasteiger partial charge >= 0.3 is 0 Å². The predicted molar refractivity (Wildman–Crippen MR) is 67.2 cm³/mol. The summed E-state index contributed by atoms with van der Waals surface area (Å²) in [6.45, 7) is 3.15. The summed E-state index contributed by atoms with van der Waals surface area (Å²) in [6.07, 6.45) is 11.0. The van der Waals surface area contributed by atoms with E-state index in [1.807, 2.05) is 6.07 Å². The molecule has 2 bridgehead atoms. The van der Waals surface area contributed by atoms with E-state index in [1.165, 1.54) is 12.8 Å². The topological polar surface area (TPSA) is 37.8 Å². The molecule has 1 aromatic heterocycles. The average Bonchev–Trinajstić information content (AvgIpc) is 2.99. The Bertz CT molecular complexity index is 401. The molecule has 90 valence electrons. The van der Waals surface area contributed by atoms with Crippen molar-refractivity contribution in [1.82, 2.24) is 15.3 Å². The van der Waals surface area contributed by atoms with Crippen molar-refractivity contribution in [2.75, 3.05) is 0 Å². The Balaban J connectivity index is 1.54. The van der Waals surface area contributed by atoms with Gasteiger partial charge in [-0.1, -0.05) is 12.2 Å². The molecule has 1 saturated carbocycles. The van der Waals surface area contributed by atoms with E-state index in [0.717, 1.165) is 30.0 Å². The van der Waals surface area contributed by atoms with Crippen molar-refractivity contribution in [3.8, 4) is 0 Å². The molecule has 0 aromatic carbocycles. The summed E-state index contributed by atoms with van der Waals surface area (Å²) in [5.41, 5.74) is 1.07. The molecule has 0 aliphatic heterocycles. The summed E-state index contributed by atoms with van der Waals surface area (Å²) < 4.78 is 0. The van der Waals surface area contributed by atoms with Crippen molar-refractivity contribution in [3.63, 3.8) is 0 Å². The summed E-state index contributed by atoms with van der Waals surface area (Å²) in [6, 6.07) is 2.55. The van der Waals surface area contributed by atoms with Crippen LogP contribution in [0.1, 0.15) is 25.5 Å².